The SMILES string of the molecule is CC(=O)OC(OC(C)=O)[C@@]12C=C[C@@](C)(O1)[C@@H]1C(=O)N(c3ccc([N+](=O)[O-])cc3)C(=O)[C@@H]12. The molecule has 2 fully saturated rings. The van der Waals surface area contributed by atoms with Gasteiger partial charge >= 0.3 is 11.9 Å². The summed E-state index contributed by atoms with van der Waals surface area (Å²) in [5.74, 6) is -4.84. The molecule has 3 heterocycles. The minimum atomic E-state index is -1.68. The lowest BCUT2D eigenvalue weighted by atomic mass is 9.72. The number of carbonyl (C=O) groups is 4. The quantitative estimate of drug-likeness (QED) is 0.168. The molecule has 3 aliphatic rings. The lowest BCUT2D eigenvalue weighted by Crippen LogP contribution is -2.52. The summed E-state index contributed by atoms with van der Waals surface area (Å²) in [5, 5.41) is 10.9. The minimum absolute atomic E-state index is 0.157. The summed E-state index contributed by atoms with van der Waals surface area (Å²) in [5.41, 5.74) is -2.92. The molecule has 0 spiro atoms. The lowest BCUT2D eigenvalue weighted by molar-refractivity contribution is -0.384. The third-order valence-corrected chi connectivity index (χ3v) is 5.71. The predicted molar refractivity (Wildman–Crippen MR) is 101 cm³/mol. The highest BCUT2D eigenvalue weighted by Gasteiger charge is 2.75. The van der Waals surface area contributed by atoms with Crippen LogP contribution in [-0.2, 0) is 33.4 Å². The fraction of sp³-hybridized carbons (Fsp3) is 0.400. The largest absolute Gasteiger partial charge is 0.422 e. The molecule has 2 amide bonds. The summed E-state index contributed by atoms with van der Waals surface area (Å²) in [6, 6.07) is 4.97. The third-order valence-electron chi connectivity index (χ3n) is 5.71. The van der Waals surface area contributed by atoms with E-state index in [9.17, 15) is 29.3 Å². The van der Waals surface area contributed by atoms with E-state index in [-0.39, 0.29) is 11.4 Å². The Balaban J connectivity index is 1.76. The van der Waals surface area contributed by atoms with Crippen LogP contribution in [0.4, 0.5) is 11.4 Å². The van der Waals surface area contributed by atoms with E-state index in [1.54, 1.807) is 13.0 Å². The highest BCUT2D eigenvalue weighted by molar-refractivity contribution is 6.23. The van der Waals surface area contributed by atoms with Gasteiger partial charge in [-0.25, -0.2) is 4.90 Å². The lowest BCUT2D eigenvalue weighted by Gasteiger charge is -2.34. The first-order valence-electron chi connectivity index (χ1n) is 9.37. The number of carbonyl (C=O) groups excluding carboxylic acids is 4. The van der Waals surface area contributed by atoms with Gasteiger partial charge < -0.3 is 14.2 Å². The fourth-order valence-corrected chi connectivity index (χ4v) is 4.54. The number of esters is 2. The summed E-state index contributed by atoms with van der Waals surface area (Å²) >= 11 is 0. The van der Waals surface area contributed by atoms with Crippen molar-refractivity contribution in [2.45, 2.75) is 38.3 Å². The summed E-state index contributed by atoms with van der Waals surface area (Å²) in [6.07, 6.45) is 1.48. The number of rotatable bonds is 5. The zero-order chi connectivity index (χ0) is 22.7. The molecule has 1 aromatic rings. The van der Waals surface area contributed by atoms with E-state index in [1.165, 1.54) is 30.3 Å². The Bertz CT molecular complexity index is 1030. The number of nitrogens with zero attached hydrogens (tertiary/aromatic N) is 2. The maximum atomic E-state index is 13.4. The van der Waals surface area contributed by atoms with E-state index in [2.05, 4.69) is 0 Å². The average Bonchev–Trinajstić information content (AvgIpc) is 3.26. The molecule has 11 heteroatoms. The van der Waals surface area contributed by atoms with Crippen molar-refractivity contribution in [1.82, 2.24) is 0 Å². The Morgan fingerprint density at radius 2 is 1.61 bits per heavy atom. The van der Waals surface area contributed by atoms with Crippen molar-refractivity contribution < 1.29 is 38.3 Å². The molecule has 11 nitrogen and oxygen atoms in total. The number of hydrogen-bond donors (Lipinski definition) is 0. The van der Waals surface area contributed by atoms with E-state index >= 15 is 0 Å². The molecule has 2 bridgehead atoms. The Morgan fingerprint density at radius 3 is 2.13 bits per heavy atom. The number of nitro groups is 1. The molecule has 2 saturated heterocycles. The Morgan fingerprint density at radius 1 is 1.06 bits per heavy atom. The average molecular weight is 430 g/mol. The number of fused-ring (bicyclic) bond motifs is 5. The number of anilines is 1. The van der Waals surface area contributed by atoms with Crippen LogP contribution < -0.4 is 4.90 Å². The minimum Gasteiger partial charge on any atom is -0.422 e. The molecule has 0 N–H and O–H groups in total. The Kier molecular flexibility index (Phi) is 4.47. The van der Waals surface area contributed by atoms with E-state index in [1.807, 2.05) is 0 Å². The van der Waals surface area contributed by atoms with Gasteiger partial charge in [-0.3, -0.25) is 29.3 Å². The van der Waals surface area contributed by atoms with E-state index < -0.39 is 58.0 Å². The summed E-state index contributed by atoms with van der Waals surface area (Å²) in [7, 11) is 0. The molecule has 0 saturated carbocycles. The van der Waals surface area contributed by atoms with Crippen molar-refractivity contribution in [3.8, 4) is 0 Å². The van der Waals surface area contributed by atoms with Crippen molar-refractivity contribution in [1.29, 1.82) is 0 Å². The topological polar surface area (TPSA) is 142 Å². The van der Waals surface area contributed by atoms with E-state index in [0.717, 1.165) is 18.7 Å². The van der Waals surface area contributed by atoms with Crippen molar-refractivity contribution in [3.05, 3.63) is 46.5 Å². The number of nitro benzene ring substituents is 1. The first kappa shape index (κ1) is 20.7. The molecular weight excluding hydrogens is 412 g/mol. The molecule has 3 aliphatic heterocycles. The Labute approximate surface area is 175 Å². The van der Waals surface area contributed by atoms with Gasteiger partial charge in [-0.2, -0.15) is 0 Å². The maximum Gasteiger partial charge on any atom is 0.305 e. The normalized spacial score (nSPS) is 30.6. The van der Waals surface area contributed by atoms with Gasteiger partial charge in [0, 0.05) is 26.0 Å². The monoisotopic (exact) mass is 430 g/mol. The van der Waals surface area contributed by atoms with E-state index in [4.69, 9.17) is 14.2 Å². The van der Waals surface area contributed by atoms with Gasteiger partial charge in [-0.15, -0.1) is 0 Å². The maximum absolute atomic E-state index is 13.4. The van der Waals surface area contributed by atoms with Crippen molar-refractivity contribution >= 4 is 35.1 Å². The van der Waals surface area contributed by atoms with Gasteiger partial charge in [-0.1, -0.05) is 6.08 Å². The number of benzene rings is 1. The second kappa shape index (κ2) is 6.71. The standard InChI is InChI=1S/C20H18N2O9/c1-10(23)29-18(30-11(2)24)20-9-8-19(3,31-20)14-15(20)17(26)21(16(14)25)12-4-6-13(7-5-12)22(27)28/h4-9,14-15,18H,1-3H3/t14-,15+,19+,20-/m0/s1. The van der Waals surface area contributed by atoms with E-state index in [0.29, 0.717) is 0 Å². The number of imide groups is 1. The summed E-state index contributed by atoms with van der Waals surface area (Å²) < 4.78 is 16.4. The van der Waals surface area contributed by atoms with Crippen molar-refractivity contribution in [2.24, 2.45) is 11.8 Å². The van der Waals surface area contributed by atoms with Gasteiger partial charge in [0.2, 0.25) is 11.8 Å². The van der Waals surface area contributed by atoms with Gasteiger partial charge in [0.15, 0.2) is 5.60 Å². The second-order valence-corrected chi connectivity index (χ2v) is 7.76. The molecule has 0 radical (unpaired) electrons. The van der Waals surface area contributed by atoms with Crippen molar-refractivity contribution in [3.63, 3.8) is 0 Å². The van der Waals surface area contributed by atoms with Crippen LogP contribution in [0, 0.1) is 22.0 Å². The predicted octanol–water partition coefficient (Wildman–Crippen LogP) is 1.25. The second-order valence-electron chi connectivity index (χ2n) is 7.76. The zero-order valence-electron chi connectivity index (χ0n) is 16.8. The molecule has 162 valence electrons. The number of hydrogen-bond acceptors (Lipinski definition) is 9. The molecule has 4 atom stereocenters. The highest BCUT2D eigenvalue weighted by Crippen LogP contribution is 2.59. The molecule has 0 unspecified atom stereocenters. The highest BCUT2D eigenvalue weighted by atomic mass is 16.7. The third kappa shape index (κ3) is 2.92. The smallest absolute Gasteiger partial charge is 0.305 e. The fourth-order valence-electron chi connectivity index (χ4n) is 4.54. The molecule has 4 rings (SSSR count). The number of amides is 2. The van der Waals surface area contributed by atoms with Crippen LogP contribution in [0.1, 0.15) is 20.8 Å². The van der Waals surface area contributed by atoms with Crippen LogP contribution in [0.5, 0.6) is 0 Å². The number of ether oxygens (including phenoxy) is 3. The molecular formula is C20H18N2O9. The number of non-ortho nitro benzene ring substituents is 1. The van der Waals surface area contributed by atoms with Crippen LogP contribution in [0.15, 0.2) is 36.4 Å². The zero-order valence-corrected chi connectivity index (χ0v) is 16.8. The summed E-state index contributed by atoms with van der Waals surface area (Å²) in [4.78, 5) is 61.2. The van der Waals surface area contributed by atoms with Crippen LogP contribution in [-0.4, -0.2) is 46.2 Å². The van der Waals surface area contributed by atoms with Crippen LogP contribution in [0.2, 0.25) is 0 Å². The van der Waals surface area contributed by atoms with Crippen molar-refractivity contribution in [2.75, 3.05) is 4.90 Å². The van der Waals surface area contributed by atoms with Crippen LogP contribution in [0.25, 0.3) is 0 Å². The molecule has 0 aliphatic carbocycles. The van der Waals surface area contributed by atoms with Gasteiger partial charge in [-0.05, 0) is 25.1 Å². The van der Waals surface area contributed by atoms with Crippen LogP contribution in [0.3, 0.4) is 0 Å². The summed E-state index contributed by atoms with van der Waals surface area (Å²) in [6.45, 7) is 3.84. The Hall–Kier alpha value is -3.60. The van der Waals surface area contributed by atoms with Gasteiger partial charge in [0.1, 0.15) is 0 Å². The molecule has 0 aromatic heterocycles. The first-order chi connectivity index (χ1) is 14.5. The van der Waals surface area contributed by atoms with Gasteiger partial charge in [0.05, 0.1) is 28.0 Å². The van der Waals surface area contributed by atoms with Crippen LogP contribution >= 0.6 is 0 Å². The first-order valence-corrected chi connectivity index (χ1v) is 9.37. The molecule has 31 heavy (non-hydrogen) atoms. The molecule has 1 aromatic carbocycles. The van der Waals surface area contributed by atoms with Gasteiger partial charge in [0.25, 0.3) is 12.0 Å².